The Morgan fingerprint density at radius 3 is 1.79 bits per heavy atom. The SMILES string of the molecule is O[C@@H](CN(c1ccccc1)c1ccccc1)C[NH+]1CCCCCC1. The molecule has 3 nitrogen and oxygen atoms in total. The molecule has 0 aromatic heterocycles. The molecule has 0 radical (unpaired) electrons. The topological polar surface area (TPSA) is 27.9 Å². The van der Waals surface area contributed by atoms with Crippen molar-refractivity contribution in [1.29, 1.82) is 0 Å². The van der Waals surface area contributed by atoms with E-state index in [0.717, 1.165) is 17.9 Å². The Morgan fingerprint density at radius 1 is 0.792 bits per heavy atom. The van der Waals surface area contributed by atoms with Crippen molar-refractivity contribution in [2.45, 2.75) is 31.8 Å². The molecule has 0 spiro atoms. The van der Waals surface area contributed by atoms with E-state index >= 15 is 0 Å². The lowest BCUT2D eigenvalue weighted by atomic mass is 10.2. The van der Waals surface area contributed by atoms with Crippen LogP contribution in [-0.2, 0) is 0 Å². The van der Waals surface area contributed by atoms with Crippen LogP contribution >= 0.6 is 0 Å². The molecule has 1 heterocycles. The highest BCUT2D eigenvalue weighted by Crippen LogP contribution is 2.24. The molecule has 3 rings (SSSR count). The largest absolute Gasteiger partial charge is 0.385 e. The molecule has 3 heteroatoms. The summed E-state index contributed by atoms with van der Waals surface area (Å²) in [6.07, 6.45) is 4.96. The van der Waals surface area contributed by atoms with Gasteiger partial charge in [0.15, 0.2) is 0 Å². The molecule has 1 fully saturated rings. The number of anilines is 2. The van der Waals surface area contributed by atoms with E-state index < -0.39 is 0 Å². The van der Waals surface area contributed by atoms with Crippen LogP contribution in [0.25, 0.3) is 0 Å². The Hall–Kier alpha value is -1.84. The summed E-state index contributed by atoms with van der Waals surface area (Å²) in [4.78, 5) is 3.78. The Balaban J connectivity index is 1.69. The van der Waals surface area contributed by atoms with E-state index in [9.17, 15) is 5.11 Å². The highest BCUT2D eigenvalue weighted by molar-refractivity contribution is 5.62. The third kappa shape index (κ3) is 4.83. The number of hydrogen-bond acceptors (Lipinski definition) is 2. The van der Waals surface area contributed by atoms with Crippen LogP contribution in [0.2, 0.25) is 0 Å². The molecule has 0 amide bonds. The molecule has 1 atom stereocenters. The van der Waals surface area contributed by atoms with E-state index in [2.05, 4.69) is 53.4 Å². The van der Waals surface area contributed by atoms with Gasteiger partial charge in [0.2, 0.25) is 0 Å². The molecular formula is C21H29N2O+. The molecule has 1 saturated heterocycles. The summed E-state index contributed by atoms with van der Waals surface area (Å²) in [6, 6.07) is 20.7. The highest BCUT2D eigenvalue weighted by atomic mass is 16.3. The van der Waals surface area contributed by atoms with Gasteiger partial charge in [0.25, 0.3) is 0 Å². The van der Waals surface area contributed by atoms with Crippen molar-refractivity contribution in [3.8, 4) is 0 Å². The second-order valence-electron chi connectivity index (χ2n) is 6.80. The molecule has 1 aliphatic rings. The average molecular weight is 325 g/mol. The summed E-state index contributed by atoms with van der Waals surface area (Å²) in [6.45, 7) is 3.88. The average Bonchev–Trinajstić information content (AvgIpc) is 2.90. The molecule has 0 saturated carbocycles. The molecule has 24 heavy (non-hydrogen) atoms. The predicted octanol–water partition coefficient (Wildman–Crippen LogP) is 2.64. The zero-order chi connectivity index (χ0) is 16.6. The summed E-state index contributed by atoms with van der Waals surface area (Å²) < 4.78 is 0. The first-order chi connectivity index (χ1) is 11.8. The summed E-state index contributed by atoms with van der Waals surface area (Å²) in [7, 11) is 0. The van der Waals surface area contributed by atoms with Crippen molar-refractivity contribution in [2.75, 3.05) is 31.1 Å². The molecule has 0 bridgehead atoms. The maximum Gasteiger partial charge on any atom is 0.121 e. The third-order valence-corrected chi connectivity index (χ3v) is 4.86. The van der Waals surface area contributed by atoms with Gasteiger partial charge in [-0.25, -0.2) is 0 Å². The Morgan fingerprint density at radius 2 is 1.29 bits per heavy atom. The van der Waals surface area contributed by atoms with Crippen molar-refractivity contribution in [3.05, 3.63) is 60.7 Å². The number of nitrogens with zero attached hydrogens (tertiary/aromatic N) is 1. The van der Waals surface area contributed by atoms with Gasteiger partial charge in [-0.3, -0.25) is 0 Å². The van der Waals surface area contributed by atoms with Crippen molar-refractivity contribution in [1.82, 2.24) is 0 Å². The van der Waals surface area contributed by atoms with Crippen LogP contribution in [0, 0.1) is 0 Å². The zero-order valence-electron chi connectivity index (χ0n) is 14.4. The lowest BCUT2D eigenvalue weighted by Gasteiger charge is -2.29. The Bertz CT molecular complexity index is 540. The van der Waals surface area contributed by atoms with Crippen LogP contribution < -0.4 is 9.80 Å². The number of likely N-dealkylation sites (tertiary alicyclic amines) is 1. The highest BCUT2D eigenvalue weighted by Gasteiger charge is 2.20. The minimum atomic E-state index is -0.321. The van der Waals surface area contributed by atoms with Gasteiger partial charge in [0, 0.05) is 11.4 Å². The first-order valence-corrected chi connectivity index (χ1v) is 9.22. The van der Waals surface area contributed by atoms with Crippen LogP contribution in [0.5, 0.6) is 0 Å². The predicted molar refractivity (Wildman–Crippen MR) is 99.9 cm³/mol. The monoisotopic (exact) mass is 325 g/mol. The standard InChI is InChI=1S/C21H28N2O/c24-21(17-22-15-9-1-2-10-16-22)18-23(19-11-5-3-6-12-19)20-13-7-4-8-14-20/h3-8,11-14,21,24H,1-2,9-10,15-18H2/p+1/t21-/m1/s1. The van der Waals surface area contributed by atoms with E-state index in [4.69, 9.17) is 0 Å². The molecular weight excluding hydrogens is 296 g/mol. The molecule has 128 valence electrons. The maximum absolute atomic E-state index is 10.7. The van der Waals surface area contributed by atoms with Crippen molar-refractivity contribution in [2.24, 2.45) is 0 Å². The van der Waals surface area contributed by atoms with E-state index in [1.165, 1.54) is 38.8 Å². The van der Waals surface area contributed by atoms with Crippen LogP contribution in [0.3, 0.4) is 0 Å². The van der Waals surface area contributed by atoms with Gasteiger partial charge in [-0.05, 0) is 49.9 Å². The normalized spacial score (nSPS) is 17.2. The molecule has 1 aliphatic heterocycles. The van der Waals surface area contributed by atoms with Crippen molar-refractivity contribution >= 4 is 11.4 Å². The van der Waals surface area contributed by atoms with Crippen molar-refractivity contribution < 1.29 is 10.0 Å². The quantitative estimate of drug-likeness (QED) is 0.854. The Kier molecular flexibility index (Phi) is 6.27. The maximum atomic E-state index is 10.7. The summed E-state index contributed by atoms with van der Waals surface area (Å²) in [5, 5.41) is 10.7. The van der Waals surface area contributed by atoms with Crippen LogP contribution in [-0.4, -0.2) is 37.4 Å². The number of para-hydroxylation sites is 2. The minimum absolute atomic E-state index is 0.321. The molecule has 2 aromatic carbocycles. The van der Waals surface area contributed by atoms with Crippen molar-refractivity contribution in [3.63, 3.8) is 0 Å². The van der Waals surface area contributed by atoms with Crippen LogP contribution in [0.1, 0.15) is 25.7 Å². The van der Waals surface area contributed by atoms with Crippen LogP contribution in [0.4, 0.5) is 11.4 Å². The zero-order valence-corrected chi connectivity index (χ0v) is 14.4. The van der Waals surface area contributed by atoms with E-state index in [1.54, 1.807) is 4.90 Å². The number of quaternary nitrogens is 1. The fourth-order valence-corrected chi connectivity index (χ4v) is 3.62. The van der Waals surface area contributed by atoms with Crippen LogP contribution in [0.15, 0.2) is 60.7 Å². The fourth-order valence-electron chi connectivity index (χ4n) is 3.62. The number of benzene rings is 2. The van der Waals surface area contributed by atoms with Gasteiger partial charge >= 0.3 is 0 Å². The number of nitrogens with one attached hydrogen (secondary N) is 1. The van der Waals surface area contributed by atoms with Gasteiger partial charge in [-0.15, -0.1) is 0 Å². The van der Waals surface area contributed by atoms with E-state index in [1.807, 2.05) is 12.1 Å². The lowest BCUT2D eigenvalue weighted by Crippen LogP contribution is -3.13. The summed E-state index contributed by atoms with van der Waals surface area (Å²) in [5.74, 6) is 0. The van der Waals surface area contributed by atoms with Gasteiger partial charge < -0.3 is 14.9 Å². The lowest BCUT2D eigenvalue weighted by molar-refractivity contribution is -0.902. The number of rotatable bonds is 6. The second-order valence-corrected chi connectivity index (χ2v) is 6.80. The first-order valence-electron chi connectivity index (χ1n) is 9.22. The van der Waals surface area contributed by atoms with E-state index in [0.29, 0.717) is 6.54 Å². The number of hydrogen-bond donors (Lipinski definition) is 2. The smallest absolute Gasteiger partial charge is 0.121 e. The first kappa shape index (κ1) is 17.0. The second kappa shape index (κ2) is 8.86. The number of aliphatic hydroxyl groups is 1. The minimum Gasteiger partial charge on any atom is -0.385 e. The van der Waals surface area contributed by atoms with Gasteiger partial charge in [0.05, 0.1) is 19.6 Å². The molecule has 0 unspecified atom stereocenters. The number of aliphatic hydroxyl groups excluding tert-OH is 1. The van der Waals surface area contributed by atoms with Gasteiger partial charge in [-0.1, -0.05) is 36.4 Å². The Labute approximate surface area is 145 Å². The van der Waals surface area contributed by atoms with Gasteiger partial charge in [0.1, 0.15) is 12.6 Å². The molecule has 2 aromatic rings. The third-order valence-electron chi connectivity index (χ3n) is 4.86. The fraction of sp³-hybridized carbons (Fsp3) is 0.429. The summed E-state index contributed by atoms with van der Waals surface area (Å²) >= 11 is 0. The molecule has 2 N–H and O–H groups in total. The van der Waals surface area contributed by atoms with E-state index in [-0.39, 0.29) is 6.10 Å². The van der Waals surface area contributed by atoms with Gasteiger partial charge in [-0.2, -0.15) is 0 Å². The summed E-state index contributed by atoms with van der Waals surface area (Å²) in [5.41, 5.74) is 2.27. The molecule has 0 aliphatic carbocycles.